The molecule has 2 aliphatic heterocycles. The van der Waals surface area contributed by atoms with Gasteiger partial charge in [-0.3, -0.25) is 24.1 Å². The van der Waals surface area contributed by atoms with E-state index in [1.54, 1.807) is 29.2 Å². The molecule has 1 saturated heterocycles. The molecular weight excluding hydrogens is 418 g/mol. The highest BCUT2D eigenvalue weighted by molar-refractivity contribution is 6.22. The van der Waals surface area contributed by atoms with Gasteiger partial charge in [-0.25, -0.2) is 0 Å². The van der Waals surface area contributed by atoms with E-state index >= 15 is 0 Å². The molecule has 7 heteroatoms. The number of carbonyl (C=O) groups excluding carboxylic acids is 4. The normalized spacial score (nSPS) is 16.4. The van der Waals surface area contributed by atoms with Gasteiger partial charge < -0.3 is 10.2 Å². The van der Waals surface area contributed by atoms with Crippen molar-refractivity contribution in [1.29, 1.82) is 0 Å². The van der Waals surface area contributed by atoms with Gasteiger partial charge in [-0.1, -0.05) is 31.5 Å². The first-order valence-corrected chi connectivity index (χ1v) is 11.4. The lowest BCUT2D eigenvalue weighted by Crippen LogP contribution is -2.46. The summed E-state index contributed by atoms with van der Waals surface area (Å²) < 4.78 is 0. The van der Waals surface area contributed by atoms with Crippen LogP contribution in [-0.2, 0) is 0 Å². The predicted octanol–water partition coefficient (Wildman–Crippen LogP) is 3.28. The Hall–Kier alpha value is -3.48. The zero-order valence-corrected chi connectivity index (χ0v) is 19.3. The van der Waals surface area contributed by atoms with Gasteiger partial charge in [0.15, 0.2) is 0 Å². The second-order valence-electron chi connectivity index (χ2n) is 9.28. The van der Waals surface area contributed by atoms with Crippen molar-refractivity contribution < 1.29 is 19.2 Å². The summed E-state index contributed by atoms with van der Waals surface area (Å²) in [5.74, 6) is -0.732. The van der Waals surface area contributed by atoms with Crippen LogP contribution in [0.25, 0.3) is 0 Å². The third-order valence-corrected chi connectivity index (χ3v) is 6.16. The van der Waals surface area contributed by atoms with Crippen molar-refractivity contribution in [3.05, 3.63) is 70.3 Å². The maximum absolute atomic E-state index is 13.1. The number of fused-ring (bicyclic) bond motifs is 1. The molecular formula is C26H29N3O4. The lowest BCUT2D eigenvalue weighted by atomic mass is 10.0. The first kappa shape index (κ1) is 22.7. The Morgan fingerprint density at radius 2 is 1.67 bits per heavy atom. The first-order chi connectivity index (χ1) is 15.7. The van der Waals surface area contributed by atoms with Crippen molar-refractivity contribution >= 4 is 23.6 Å². The van der Waals surface area contributed by atoms with E-state index in [0.717, 1.165) is 5.56 Å². The average Bonchev–Trinajstić information content (AvgIpc) is 3.03. The summed E-state index contributed by atoms with van der Waals surface area (Å²) in [5, 5.41) is 3.06. The summed E-state index contributed by atoms with van der Waals surface area (Å²) in [6.45, 7) is 7.24. The zero-order chi connectivity index (χ0) is 23.7. The highest BCUT2D eigenvalue weighted by Crippen LogP contribution is 2.26. The molecule has 2 heterocycles. The van der Waals surface area contributed by atoms with Crippen molar-refractivity contribution in [2.24, 2.45) is 5.92 Å². The monoisotopic (exact) mass is 447 g/mol. The van der Waals surface area contributed by atoms with Crippen molar-refractivity contribution in [1.82, 2.24) is 15.1 Å². The maximum Gasteiger partial charge on any atom is 0.261 e. The predicted molar refractivity (Wildman–Crippen MR) is 124 cm³/mol. The number of likely N-dealkylation sites (tertiary alicyclic amines) is 1. The largest absolute Gasteiger partial charge is 0.349 e. The molecule has 0 spiro atoms. The number of nitrogens with one attached hydrogen (secondary N) is 1. The van der Waals surface area contributed by atoms with Gasteiger partial charge >= 0.3 is 0 Å². The Morgan fingerprint density at radius 3 is 2.33 bits per heavy atom. The van der Waals surface area contributed by atoms with E-state index in [1.165, 1.54) is 4.90 Å². The van der Waals surface area contributed by atoms with E-state index in [4.69, 9.17) is 0 Å². The number of amides is 4. The summed E-state index contributed by atoms with van der Waals surface area (Å²) in [6, 6.07) is 12.2. The molecule has 4 amide bonds. The van der Waals surface area contributed by atoms with Crippen LogP contribution in [0.4, 0.5) is 0 Å². The standard InChI is InChI=1S/C26H29N3O4/c1-16(2)15-29-25(32)21-8-7-19(14-22(21)26(29)33)24(31)28-11-9-20(10-12-28)27-23(30)18-6-4-5-17(3)13-18/h4-8,13-14,16,20H,9-12,15H2,1-3H3,(H,27,30). The molecule has 1 N–H and O–H groups in total. The average molecular weight is 448 g/mol. The van der Waals surface area contributed by atoms with E-state index < -0.39 is 0 Å². The van der Waals surface area contributed by atoms with Gasteiger partial charge in [0.05, 0.1) is 11.1 Å². The molecule has 33 heavy (non-hydrogen) atoms. The first-order valence-electron chi connectivity index (χ1n) is 11.4. The molecule has 2 aliphatic rings. The number of nitrogens with zero attached hydrogens (tertiary/aromatic N) is 2. The SMILES string of the molecule is Cc1cccc(C(=O)NC2CCN(C(=O)c3ccc4c(c3)C(=O)N(CC(C)C)C4=O)CC2)c1. The summed E-state index contributed by atoms with van der Waals surface area (Å²) in [5.41, 5.74) is 2.73. The van der Waals surface area contributed by atoms with Gasteiger partial charge in [-0.05, 0) is 56.0 Å². The number of piperidine rings is 1. The fourth-order valence-corrected chi connectivity index (χ4v) is 4.42. The number of hydrogen-bond acceptors (Lipinski definition) is 4. The Kier molecular flexibility index (Phi) is 6.31. The number of carbonyl (C=O) groups is 4. The second-order valence-corrected chi connectivity index (χ2v) is 9.28. The molecule has 0 radical (unpaired) electrons. The smallest absolute Gasteiger partial charge is 0.261 e. The Balaban J connectivity index is 1.38. The Morgan fingerprint density at radius 1 is 0.970 bits per heavy atom. The molecule has 2 aromatic carbocycles. The molecule has 0 bridgehead atoms. The van der Waals surface area contributed by atoms with Gasteiger partial charge in [0, 0.05) is 36.8 Å². The maximum atomic E-state index is 13.1. The van der Waals surface area contributed by atoms with Crippen molar-refractivity contribution in [2.45, 2.75) is 39.7 Å². The minimum absolute atomic E-state index is 0.00544. The highest BCUT2D eigenvalue weighted by Gasteiger charge is 2.36. The van der Waals surface area contributed by atoms with Crippen LogP contribution >= 0.6 is 0 Å². The number of aryl methyl sites for hydroxylation is 1. The molecule has 0 unspecified atom stereocenters. The summed E-state index contributed by atoms with van der Waals surface area (Å²) in [4.78, 5) is 53.8. The van der Waals surface area contributed by atoms with E-state index in [2.05, 4.69) is 5.32 Å². The van der Waals surface area contributed by atoms with Gasteiger partial charge in [0.2, 0.25) is 0 Å². The third-order valence-electron chi connectivity index (χ3n) is 6.16. The van der Waals surface area contributed by atoms with Gasteiger partial charge in [0.25, 0.3) is 23.6 Å². The van der Waals surface area contributed by atoms with Crippen molar-refractivity contribution in [3.63, 3.8) is 0 Å². The molecule has 0 aromatic heterocycles. The summed E-state index contributed by atoms with van der Waals surface area (Å²) in [7, 11) is 0. The van der Waals surface area contributed by atoms with Crippen LogP contribution in [0.3, 0.4) is 0 Å². The van der Waals surface area contributed by atoms with Crippen molar-refractivity contribution in [2.75, 3.05) is 19.6 Å². The molecule has 1 fully saturated rings. The molecule has 0 aliphatic carbocycles. The minimum atomic E-state index is -0.337. The van der Waals surface area contributed by atoms with E-state index in [1.807, 2.05) is 39.0 Å². The van der Waals surface area contributed by atoms with E-state index in [0.29, 0.717) is 54.7 Å². The Labute approximate surface area is 193 Å². The molecule has 0 atom stereocenters. The molecule has 172 valence electrons. The van der Waals surface area contributed by atoms with Gasteiger partial charge in [0.1, 0.15) is 0 Å². The molecule has 2 aromatic rings. The molecule has 7 nitrogen and oxygen atoms in total. The molecule has 4 rings (SSSR count). The lowest BCUT2D eigenvalue weighted by Gasteiger charge is -2.32. The van der Waals surface area contributed by atoms with Crippen LogP contribution in [0.1, 0.15) is 73.7 Å². The van der Waals surface area contributed by atoms with Crippen LogP contribution < -0.4 is 5.32 Å². The number of imide groups is 1. The topological polar surface area (TPSA) is 86.8 Å². The fraction of sp³-hybridized carbons (Fsp3) is 0.385. The van der Waals surface area contributed by atoms with Gasteiger partial charge in [-0.15, -0.1) is 0 Å². The summed E-state index contributed by atoms with van der Waals surface area (Å²) in [6.07, 6.45) is 1.32. The number of benzene rings is 2. The van der Waals surface area contributed by atoms with Crippen LogP contribution in [0.2, 0.25) is 0 Å². The van der Waals surface area contributed by atoms with Crippen molar-refractivity contribution in [3.8, 4) is 0 Å². The number of hydrogen-bond donors (Lipinski definition) is 1. The zero-order valence-electron chi connectivity index (χ0n) is 19.3. The Bertz CT molecular complexity index is 1120. The quantitative estimate of drug-likeness (QED) is 0.713. The van der Waals surface area contributed by atoms with Gasteiger partial charge in [-0.2, -0.15) is 0 Å². The lowest BCUT2D eigenvalue weighted by molar-refractivity contribution is 0.0634. The van der Waals surface area contributed by atoms with Crippen LogP contribution in [-0.4, -0.2) is 59.1 Å². The minimum Gasteiger partial charge on any atom is -0.349 e. The summed E-state index contributed by atoms with van der Waals surface area (Å²) >= 11 is 0. The molecule has 0 saturated carbocycles. The van der Waals surface area contributed by atoms with E-state index in [9.17, 15) is 19.2 Å². The third kappa shape index (κ3) is 4.67. The fourth-order valence-electron chi connectivity index (χ4n) is 4.42. The van der Waals surface area contributed by atoms with E-state index in [-0.39, 0.29) is 35.6 Å². The van der Waals surface area contributed by atoms with Crippen LogP contribution in [0.15, 0.2) is 42.5 Å². The second kappa shape index (κ2) is 9.17. The number of rotatable bonds is 5. The van der Waals surface area contributed by atoms with Crippen LogP contribution in [0, 0.1) is 12.8 Å². The highest BCUT2D eigenvalue weighted by atomic mass is 16.2. The van der Waals surface area contributed by atoms with Crippen LogP contribution in [0.5, 0.6) is 0 Å².